The molecular formula is C25H36O6. The van der Waals surface area contributed by atoms with Crippen LogP contribution < -0.4 is 0 Å². The number of fused-ring (bicyclic) bond motifs is 3. The maximum Gasteiger partial charge on any atom is 0.309 e. The lowest BCUT2D eigenvalue weighted by Gasteiger charge is -2.59. The lowest BCUT2D eigenvalue weighted by Crippen LogP contribution is -2.62. The zero-order valence-electron chi connectivity index (χ0n) is 19.0. The van der Waals surface area contributed by atoms with E-state index in [1.165, 1.54) is 12.7 Å². The molecule has 8 atom stereocenters. The molecule has 6 nitrogen and oxygen atoms in total. The minimum atomic E-state index is -0.441. The van der Waals surface area contributed by atoms with Crippen LogP contribution in [0.4, 0.5) is 0 Å². The van der Waals surface area contributed by atoms with Gasteiger partial charge < -0.3 is 19.3 Å². The summed E-state index contributed by atoms with van der Waals surface area (Å²) in [6, 6.07) is 0. The molecule has 2 saturated carbocycles. The minimum absolute atomic E-state index is 0.0327. The highest BCUT2D eigenvalue weighted by Crippen LogP contribution is 2.75. The maximum absolute atomic E-state index is 13.1. The number of aliphatic hydroxyl groups excluding tert-OH is 1. The standard InChI is InChI=1S/C25H36O6/c1-23-9-4-7-20(27)30-11-5-6-18(23)21-17(22(28)29-3)13-15-12-16(26)8-10-24(15,2)25(21)19(14-23)31-25/h12,16-19,21,26H,4-11,13-14H2,1-3H3/t16?,17-,18+,19-,21+,23+,24+,25-/m1/s1. The largest absolute Gasteiger partial charge is 0.469 e. The van der Waals surface area contributed by atoms with Crippen LogP contribution in [0.25, 0.3) is 0 Å². The Hall–Kier alpha value is -1.40. The van der Waals surface area contributed by atoms with E-state index in [0.717, 1.165) is 44.9 Å². The van der Waals surface area contributed by atoms with Crippen molar-refractivity contribution >= 4 is 11.9 Å². The molecule has 0 aromatic rings. The number of cyclic esters (lactones) is 1. The summed E-state index contributed by atoms with van der Waals surface area (Å²) in [6.45, 7) is 5.10. The topological polar surface area (TPSA) is 85.4 Å². The van der Waals surface area contributed by atoms with Gasteiger partial charge in [0, 0.05) is 17.8 Å². The number of aliphatic hydroxyl groups is 1. The van der Waals surface area contributed by atoms with E-state index in [-0.39, 0.29) is 46.3 Å². The Bertz CT molecular complexity index is 806. The monoisotopic (exact) mass is 432 g/mol. The second-order valence-corrected chi connectivity index (χ2v) is 11.1. The molecule has 0 aromatic heterocycles. The van der Waals surface area contributed by atoms with Gasteiger partial charge in [0.1, 0.15) is 5.60 Å². The summed E-state index contributed by atoms with van der Waals surface area (Å²) in [5, 5.41) is 10.3. The van der Waals surface area contributed by atoms with E-state index in [1.54, 1.807) is 0 Å². The van der Waals surface area contributed by atoms with E-state index in [2.05, 4.69) is 13.8 Å². The molecule has 1 N–H and O–H groups in total. The van der Waals surface area contributed by atoms with Crippen molar-refractivity contribution < 1.29 is 28.9 Å². The van der Waals surface area contributed by atoms with E-state index in [1.807, 2.05) is 6.08 Å². The van der Waals surface area contributed by atoms with Gasteiger partial charge in [-0.15, -0.1) is 0 Å². The summed E-state index contributed by atoms with van der Waals surface area (Å²) < 4.78 is 17.4. The van der Waals surface area contributed by atoms with E-state index in [0.29, 0.717) is 25.4 Å². The molecule has 172 valence electrons. The quantitative estimate of drug-likeness (QED) is 0.387. The molecule has 2 aliphatic heterocycles. The van der Waals surface area contributed by atoms with Crippen molar-refractivity contribution in [1.29, 1.82) is 0 Å². The molecule has 31 heavy (non-hydrogen) atoms. The summed E-state index contributed by atoms with van der Waals surface area (Å²) in [7, 11) is 1.48. The number of epoxide rings is 1. The van der Waals surface area contributed by atoms with Crippen molar-refractivity contribution in [3.05, 3.63) is 11.6 Å². The molecule has 1 unspecified atom stereocenters. The minimum Gasteiger partial charge on any atom is -0.469 e. The molecule has 3 aliphatic carbocycles. The lowest BCUT2D eigenvalue weighted by atomic mass is 9.43. The first kappa shape index (κ1) is 21.4. The van der Waals surface area contributed by atoms with Gasteiger partial charge in [-0.05, 0) is 62.7 Å². The van der Waals surface area contributed by atoms with Crippen LogP contribution in [0.2, 0.25) is 0 Å². The van der Waals surface area contributed by atoms with Crippen molar-refractivity contribution in [2.24, 2.45) is 28.6 Å². The van der Waals surface area contributed by atoms with Gasteiger partial charge in [-0.1, -0.05) is 25.5 Å². The highest BCUT2D eigenvalue weighted by molar-refractivity contribution is 5.74. The third-order valence-corrected chi connectivity index (χ3v) is 9.57. The second-order valence-electron chi connectivity index (χ2n) is 11.1. The van der Waals surface area contributed by atoms with Crippen LogP contribution in [-0.4, -0.2) is 48.6 Å². The number of methoxy groups -OCH3 is 1. The molecule has 5 aliphatic rings. The number of rotatable bonds is 1. The SMILES string of the molecule is COC(=O)[C@@H]1CC2=CC(O)CC[C@]2(C)[C@@]23O[C@@H]2C[C@]2(C)CCCC(=O)OCCC[C@H]2[C@H]13. The van der Waals surface area contributed by atoms with Crippen LogP contribution in [0.1, 0.15) is 71.6 Å². The maximum atomic E-state index is 13.1. The van der Waals surface area contributed by atoms with Crippen LogP contribution in [0.5, 0.6) is 0 Å². The molecule has 2 saturated heterocycles. The third-order valence-electron chi connectivity index (χ3n) is 9.57. The van der Waals surface area contributed by atoms with Gasteiger partial charge in [0.25, 0.3) is 0 Å². The van der Waals surface area contributed by atoms with E-state index >= 15 is 0 Å². The molecule has 2 heterocycles. The van der Waals surface area contributed by atoms with Gasteiger partial charge >= 0.3 is 11.9 Å². The highest BCUT2D eigenvalue weighted by Gasteiger charge is 2.79. The number of carbonyl (C=O) groups is 2. The Morgan fingerprint density at radius 1 is 1.23 bits per heavy atom. The van der Waals surface area contributed by atoms with Gasteiger partial charge in [-0.3, -0.25) is 9.59 Å². The van der Waals surface area contributed by atoms with E-state index < -0.39 is 6.10 Å². The summed E-state index contributed by atoms with van der Waals surface area (Å²) in [4.78, 5) is 25.0. The van der Waals surface area contributed by atoms with Crippen molar-refractivity contribution in [3.8, 4) is 0 Å². The number of carbonyl (C=O) groups excluding carboxylic acids is 2. The van der Waals surface area contributed by atoms with E-state index in [9.17, 15) is 14.7 Å². The van der Waals surface area contributed by atoms with Crippen LogP contribution in [0.15, 0.2) is 11.6 Å². The van der Waals surface area contributed by atoms with Crippen molar-refractivity contribution in [3.63, 3.8) is 0 Å². The first-order chi connectivity index (χ1) is 14.7. The first-order valence-electron chi connectivity index (χ1n) is 12.1. The fraction of sp³-hybridized carbons (Fsp3) is 0.840. The summed E-state index contributed by atoms with van der Waals surface area (Å²) in [6.07, 6.45) is 8.90. The second kappa shape index (κ2) is 7.31. The molecule has 1 spiro atoms. The zero-order valence-corrected chi connectivity index (χ0v) is 19.0. The molecule has 6 heteroatoms. The number of hydrogen-bond acceptors (Lipinski definition) is 6. The van der Waals surface area contributed by atoms with Gasteiger partial charge in [-0.25, -0.2) is 0 Å². The molecule has 0 aromatic carbocycles. The normalized spacial score (nSPS) is 49.2. The van der Waals surface area contributed by atoms with Crippen molar-refractivity contribution in [1.82, 2.24) is 0 Å². The Kier molecular flexibility index (Phi) is 5.06. The lowest BCUT2D eigenvalue weighted by molar-refractivity contribution is -0.158. The Balaban J connectivity index is 1.58. The highest BCUT2D eigenvalue weighted by atomic mass is 16.6. The molecule has 0 amide bonds. The molecule has 0 bridgehead atoms. The number of ether oxygens (including phenoxy) is 3. The predicted molar refractivity (Wildman–Crippen MR) is 113 cm³/mol. The smallest absolute Gasteiger partial charge is 0.309 e. The first-order valence-corrected chi connectivity index (χ1v) is 12.1. The van der Waals surface area contributed by atoms with Crippen molar-refractivity contribution in [2.45, 2.75) is 89.4 Å². The number of esters is 2. The van der Waals surface area contributed by atoms with Gasteiger partial charge in [0.05, 0.1) is 31.8 Å². The molecule has 0 radical (unpaired) electrons. The van der Waals surface area contributed by atoms with Crippen molar-refractivity contribution in [2.75, 3.05) is 13.7 Å². The Morgan fingerprint density at radius 2 is 2.03 bits per heavy atom. The molecular weight excluding hydrogens is 396 g/mol. The summed E-state index contributed by atoms with van der Waals surface area (Å²) in [5.41, 5.74) is 0.721. The van der Waals surface area contributed by atoms with E-state index in [4.69, 9.17) is 14.2 Å². The van der Waals surface area contributed by atoms with Gasteiger partial charge in [0.2, 0.25) is 0 Å². The van der Waals surface area contributed by atoms with Crippen LogP contribution >= 0.6 is 0 Å². The zero-order chi connectivity index (χ0) is 22.0. The fourth-order valence-electron chi connectivity index (χ4n) is 8.02. The molecule has 4 fully saturated rings. The van der Waals surface area contributed by atoms with Crippen LogP contribution in [-0.2, 0) is 23.8 Å². The summed E-state index contributed by atoms with van der Waals surface area (Å²) in [5.74, 6) is -0.0965. The predicted octanol–water partition coefficient (Wildman–Crippen LogP) is 3.55. The van der Waals surface area contributed by atoms with Gasteiger partial charge in [0.15, 0.2) is 0 Å². The average molecular weight is 433 g/mol. The third kappa shape index (κ3) is 3.04. The van der Waals surface area contributed by atoms with Crippen LogP contribution in [0.3, 0.4) is 0 Å². The average Bonchev–Trinajstić information content (AvgIpc) is 3.45. The van der Waals surface area contributed by atoms with Crippen LogP contribution in [0, 0.1) is 28.6 Å². The Labute approximate surface area is 184 Å². The Morgan fingerprint density at radius 3 is 2.81 bits per heavy atom. The number of hydrogen-bond donors (Lipinski definition) is 1. The summed E-state index contributed by atoms with van der Waals surface area (Å²) >= 11 is 0. The molecule has 5 rings (SSSR count). The fourth-order valence-corrected chi connectivity index (χ4v) is 8.02. The van der Waals surface area contributed by atoms with Gasteiger partial charge in [-0.2, -0.15) is 0 Å².